The molecule has 0 amide bonds. The van der Waals surface area contributed by atoms with Crippen LogP contribution < -0.4 is 5.32 Å². The Morgan fingerprint density at radius 2 is 1.71 bits per heavy atom. The van der Waals surface area contributed by atoms with E-state index in [1.54, 1.807) is 7.11 Å². The van der Waals surface area contributed by atoms with E-state index in [2.05, 4.69) is 39.9 Å². The molecule has 0 radical (unpaired) electrons. The van der Waals surface area contributed by atoms with E-state index in [0.717, 1.165) is 13.0 Å². The third kappa shape index (κ3) is 1.96. The molecular weight excluding hydrogens is 174 g/mol. The number of ether oxygens (including phenoxy) is 1. The lowest BCUT2D eigenvalue weighted by Crippen LogP contribution is -2.32. The maximum Gasteiger partial charge on any atom is 0.0476 e. The summed E-state index contributed by atoms with van der Waals surface area (Å²) >= 11 is 0. The van der Waals surface area contributed by atoms with Gasteiger partial charge in [-0.25, -0.2) is 0 Å². The molecule has 2 heteroatoms. The Labute approximate surface area is 88.4 Å². The Kier molecular flexibility index (Phi) is 3.27. The fourth-order valence-corrected chi connectivity index (χ4v) is 2.28. The highest BCUT2D eigenvalue weighted by atomic mass is 16.5. The van der Waals surface area contributed by atoms with Gasteiger partial charge in [-0.2, -0.15) is 0 Å². The molecule has 14 heavy (non-hydrogen) atoms. The third-order valence-corrected chi connectivity index (χ3v) is 4.23. The van der Waals surface area contributed by atoms with Crippen LogP contribution in [0.3, 0.4) is 0 Å². The van der Waals surface area contributed by atoms with Crippen molar-refractivity contribution in [3.05, 3.63) is 0 Å². The molecule has 1 rings (SSSR count). The fourth-order valence-electron chi connectivity index (χ4n) is 2.28. The van der Waals surface area contributed by atoms with E-state index in [0.29, 0.717) is 22.9 Å². The van der Waals surface area contributed by atoms with Crippen LogP contribution >= 0.6 is 0 Å². The molecule has 0 aromatic carbocycles. The second kappa shape index (κ2) is 3.82. The lowest BCUT2D eigenvalue weighted by Gasteiger charge is -2.14. The van der Waals surface area contributed by atoms with Crippen molar-refractivity contribution in [1.82, 2.24) is 5.32 Å². The molecule has 1 unspecified atom stereocenters. The number of nitrogens with one attached hydrogen (secondary N) is 1. The lowest BCUT2D eigenvalue weighted by molar-refractivity contribution is 0.183. The highest BCUT2D eigenvalue weighted by molar-refractivity contribution is 5.18. The minimum atomic E-state index is 0.439. The predicted octanol–water partition coefficient (Wildman–Crippen LogP) is 2.44. The van der Waals surface area contributed by atoms with Crippen LogP contribution in [0.15, 0.2) is 0 Å². The summed E-state index contributed by atoms with van der Waals surface area (Å²) in [5.74, 6) is 0. The van der Waals surface area contributed by atoms with Crippen molar-refractivity contribution >= 4 is 0 Å². The van der Waals surface area contributed by atoms with Gasteiger partial charge in [0.1, 0.15) is 0 Å². The monoisotopic (exact) mass is 199 g/mol. The van der Waals surface area contributed by atoms with E-state index in [9.17, 15) is 0 Å². The van der Waals surface area contributed by atoms with Crippen LogP contribution in [0.4, 0.5) is 0 Å². The Morgan fingerprint density at radius 3 is 2.07 bits per heavy atom. The molecular formula is C12H25NO. The second-order valence-corrected chi connectivity index (χ2v) is 5.73. The Hall–Kier alpha value is -0.0800. The molecule has 1 N–H and O–H groups in total. The topological polar surface area (TPSA) is 21.3 Å². The maximum absolute atomic E-state index is 5.08. The largest absolute Gasteiger partial charge is 0.385 e. The summed E-state index contributed by atoms with van der Waals surface area (Å²) in [5, 5.41) is 3.69. The zero-order valence-electron chi connectivity index (χ0n) is 10.5. The van der Waals surface area contributed by atoms with E-state index in [4.69, 9.17) is 4.74 Å². The minimum Gasteiger partial charge on any atom is -0.385 e. The molecule has 84 valence electrons. The van der Waals surface area contributed by atoms with Crippen molar-refractivity contribution in [2.45, 2.75) is 53.1 Å². The molecule has 0 aliphatic heterocycles. The molecule has 0 aromatic rings. The lowest BCUT2D eigenvalue weighted by atomic mass is 10.0. The first-order valence-corrected chi connectivity index (χ1v) is 5.59. The number of hydrogen-bond donors (Lipinski definition) is 1. The zero-order chi connectivity index (χ0) is 11.0. The zero-order valence-corrected chi connectivity index (χ0v) is 10.5. The van der Waals surface area contributed by atoms with E-state index in [-0.39, 0.29) is 0 Å². The normalized spacial score (nSPS) is 26.1. The van der Waals surface area contributed by atoms with Crippen LogP contribution in [0.25, 0.3) is 0 Å². The SMILES string of the molecule is COCCC(C)NC1C(C)(C)C1(C)C. The van der Waals surface area contributed by atoms with Gasteiger partial charge in [-0.05, 0) is 24.2 Å². The van der Waals surface area contributed by atoms with Crippen molar-refractivity contribution in [1.29, 1.82) is 0 Å². The van der Waals surface area contributed by atoms with Crippen LogP contribution in [-0.2, 0) is 4.74 Å². The standard InChI is InChI=1S/C12H25NO/c1-9(7-8-14-6)13-10-11(2,3)12(10,4)5/h9-10,13H,7-8H2,1-6H3. The van der Waals surface area contributed by atoms with Gasteiger partial charge in [-0.1, -0.05) is 27.7 Å². The van der Waals surface area contributed by atoms with Crippen LogP contribution in [0.5, 0.6) is 0 Å². The molecule has 0 spiro atoms. The van der Waals surface area contributed by atoms with Crippen LogP contribution in [0, 0.1) is 10.8 Å². The molecule has 0 bridgehead atoms. The smallest absolute Gasteiger partial charge is 0.0476 e. The molecule has 0 aromatic heterocycles. The molecule has 1 fully saturated rings. The summed E-state index contributed by atoms with van der Waals surface area (Å²) in [4.78, 5) is 0. The molecule has 1 aliphatic carbocycles. The summed E-state index contributed by atoms with van der Waals surface area (Å²) in [5.41, 5.74) is 0.878. The van der Waals surface area contributed by atoms with Gasteiger partial charge in [0.05, 0.1) is 0 Å². The summed E-state index contributed by atoms with van der Waals surface area (Å²) < 4.78 is 5.08. The highest BCUT2D eigenvalue weighted by Crippen LogP contribution is 2.62. The number of methoxy groups -OCH3 is 1. The quantitative estimate of drug-likeness (QED) is 0.734. The third-order valence-electron chi connectivity index (χ3n) is 4.23. The Balaban J connectivity index is 2.33. The van der Waals surface area contributed by atoms with E-state index >= 15 is 0 Å². The number of rotatable bonds is 5. The average molecular weight is 199 g/mol. The predicted molar refractivity (Wildman–Crippen MR) is 60.4 cm³/mol. The summed E-state index contributed by atoms with van der Waals surface area (Å²) in [7, 11) is 1.76. The van der Waals surface area contributed by atoms with Gasteiger partial charge in [-0.3, -0.25) is 0 Å². The first-order chi connectivity index (χ1) is 6.34. The Morgan fingerprint density at radius 1 is 1.21 bits per heavy atom. The summed E-state index contributed by atoms with van der Waals surface area (Å²) in [6.45, 7) is 12.5. The average Bonchev–Trinajstić information content (AvgIpc) is 2.44. The van der Waals surface area contributed by atoms with Gasteiger partial charge in [0.15, 0.2) is 0 Å². The van der Waals surface area contributed by atoms with E-state index < -0.39 is 0 Å². The first kappa shape index (κ1) is 12.0. The molecule has 0 heterocycles. The van der Waals surface area contributed by atoms with Crippen molar-refractivity contribution in [2.24, 2.45) is 10.8 Å². The van der Waals surface area contributed by atoms with Crippen molar-refractivity contribution in [3.8, 4) is 0 Å². The second-order valence-electron chi connectivity index (χ2n) is 5.73. The first-order valence-electron chi connectivity index (χ1n) is 5.59. The van der Waals surface area contributed by atoms with Gasteiger partial charge < -0.3 is 10.1 Å². The molecule has 0 saturated heterocycles. The summed E-state index contributed by atoms with van der Waals surface area (Å²) in [6, 6.07) is 1.21. The fraction of sp³-hybridized carbons (Fsp3) is 1.00. The highest BCUT2D eigenvalue weighted by Gasteiger charge is 2.64. The van der Waals surface area contributed by atoms with Crippen LogP contribution in [-0.4, -0.2) is 25.8 Å². The van der Waals surface area contributed by atoms with Crippen molar-refractivity contribution < 1.29 is 4.74 Å². The molecule has 1 atom stereocenters. The van der Waals surface area contributed by atoms with E-state index in [1.807, 2.05) is 0 Å². The summed E-state index contributed by atoms with van der Waals surface area (Å²) in [6.07, 6.45) is 1.10. The van der Waals surface area contributed by atoms with Gasteiger partial charge >= 0.3 is 0 Å². The number of hydrogen-bond acceptors (Lipinski definition) is 2. The van der Waals surface area contributed by atoms with Gasteiger partial charge in [0.2, 0.25) is 0 Å². The molecule has 1 saturated carbocycles. The van der Waals surface area contributed by atoms with Crippen LogP contribution in [0.1, 0.15) is 41.0 Å². The van der Waals surface area contributed by atoms with Crippen molar-refractivity contribution in [3.63, 3.8) is 0 Å². The van der Waals surface area contributed by atoms with Crippen molar-refractivity contribution in [2.75, 3.05) is 13.7 Å². The minimum absolute atomic E-state index is 0.439. The van der Waals surface area contributed by atoms with Gasteiger partial charge in [-0.15, -0.1) is 0 Å². The van der Waals surface area contributed by atoms with E-state index in [1.165, 1.54) is 0 Å². The Bertz CT molecular complexity index is 184. The molecule has 2 nitrogen and oxygen atoms in total. The van der Waals surface area contributed by atoms with Gasteiger partial charge in [0.25, 0.3) is 0 Å². The van der Waals surface area contributed by atoms with Crippen LogP contribution in [0.2, 0.25) is 0 Å². The van der Waals surface area contributed by atoms with Gasteiger partial charge in [0, 0.05) is 25.8 Å². The molecule has 1 aliphatic rings. The maximum atomic E-state index is 5.08.